The van der Waals surface area contributed by atoms with Crippen LogP contribution in [0.3, 0.4) is 0 Å². The summed E-state index contributed by atoms with van der Waals surface area (Å²) in [4.78, 5) is 0. The summed E-state index contributed by atoms with van der Waals surface area (Å²) in [5.74, 6) is -0.289. The Morgan fingerprint density at radius 1 is 1.18 bits per heavy atom. The summed E-state index contributed by atoms with van der Waals surface area (Å²) in [6.07, 6.45) is 0.723. The molecule has 1 heterocycles. The average molecular weight is 238 g/mol. The summed E-state index contributed by atoms with van der Waals surface area (Å²) < 4.78 is 18.0. The first-order valence-corrected chi connectivity index (χ1v) is 5.53. The van der Waals surface area contributed by atoms with E-state index in [1.807, 2.05) is 0 Å². The Bertz CT molecular complexity index is 402. The van der Waals surface area contributed by atoms with E-state index in [1.54, 1.807) is 31.2 Å². The van der Waals surface area contributed by atoms with E-state index < -0.39 is 18.3 Å². The third-order valence-corrected chi connectivity index (χ3v) is 2.89. The third kappa shape index (κ3) is 2.72. The zero-order chi connectivity index (χ0) is 12.4. The number of aliphatic hydroxyl groups is 2. The minimum absolute atomic E-state index is 0.289. The van der Waals surface area contributed by atoms with Gasteiger partial charge in [-0.05, 0) is 24.6 Å². The lowest BCUT2D eigenvalue weighted by molar-refractivity contribution is 0.0316. The van der Waals surface area contributed by atoms with E-state index in [1.165, 1.54) is 12.1 Å². The normalized spacial score (nSPS) is 33.4. The van der Waals surface area contributed by atoms with E-state index in [4.69, 9.17) is 4.74 Å². The Hall–Kier alpha value is -1.23. The van der Waals surface area contributed by atoms with E-state index in [2.05, 4.69) is 0 Å². The molecule has 1 aromatic carbocycles. The SMILES string of the molecule is C[C@@H]1O[C@H](/C=C\c2ccc(F)cc2)[C@@H](O)[C@H]1O. The zero-order valence-corrected chi connectivity index (χ0v) is 9.45. The second kappa shape index (κ2) is 4.96. The maximum atomic E-state index is 12.7. The van der Waals surface area contributed by atoms with Crippen LogP contribution in [-0.2, 0) is 4.74 Å². The van der Waals surface area contributed by atoms with Gasteiger partial charge >= 0.3 is 0 Å². The first kappa shape index (κ1) is 12.2. The fourth-order valence-corrected chi connectivity index (χ4v) is 1.82. The quantitative estimate of drug-likeness (QED) is 0.817. The van der Waals surface area contributed by atoms with Crippen LogP contribution >= 0.6 is 0 Å². The zero-order valence-electron chi connectivity index (χ0n) is 9.45. The number of aliphatic hydroxyl groups excluding tert-OH is 2. The first-order chi connectivity index (χ1) is 8.08. The molecule has 0 radical (unpaired) electrons. The summed E-state index contributed by atoms with van der Waals surface area (Å²) >= 11 is 0. The Morgan fingerprint density at radius 3 is 2.35 bits per heavy atom. The van der Waals surface area contributed by atoms with Crippen molar-refractivity contribution < 1.29 is 19.3 Å². The highest BCUT2D eigenvalue weighted by molar-refractivity contribution is 5.49. The van der Waals surface area contributed by atoms with Crippen LogP contribution in [0.5, 0.6) is 0 Å². The number of benzene rings is 1. The molecule has 4 heteroatoms. The predicted octanol–water partition coefficient (Wildman–Crippen LogP) is 1.35. The highest BCUT2D eigenvalue weighted by atomic mass is 19.1. The minimum atomic E-state index is -0.915. The fourth-order valence-electron chi connectivity index (χ4n) is 1.82. The van der Waals surface area contributed by atoms with Gasteiger partial charge < -0.3 is 14.9 Å². The van der Waals surface area contributed by atoms with Gasteiger partial charge in [0.15, 0.2) is 0 Å². The van der Waals surface area contributed by atoms with Gasteiger partial charge in [-0.2, -0.15) is 0 Å². The van der Waals surface area contributed by atoms with Crippen molar-refractivity contribution in [1.29, 1.82) is 0 Å². The molecule has 17 heavy (non-hydrogen) atoms. The maximum Gasteiger partial charge on any atom is 0.123 e. The van der Waals surface area contributed by atoms with Crippen LogP contribution in [0.2, 0.25) is 0 Å². The van der Waals surface area contributed by atoms with Gasteiger partial charge in [0.25, 0.3) is 0 Å². The van der Waals surface area contributed by atoms with Crippen molar-refractivity contribution in [2.24, 2.45) is 0 Å². The Morgan fingerprint density at radius 2 is 1.82 bits per heavy atom. The third-order valence-electron chi connectivity index (χ3n) is 2.89. The standard InChI is InChI=1S/C13H15FO3/c1-8-12(15)13(16)11(17-8)7-4-9-2-5-10(14)6-3-9/h2-8,11-13,15-16H,1H3/b7-4-/t8-,11+,12-,13+/m0/s1. The molecule has 92 valence electrons. The average Bonchev–Trinajstić information content (AvgIpc) is 2.56. The summed E-state index contributed by atoms with van der Waals surface area (Å²) in [6, 6.07) is 5.99. The molecule has 0 bridgehead atoms. The van der Waals surface area contributed by atoms with Gasteiger partial charge in [0.2, 0.25) is 0 Å². The number of ether oxygens (including phenoxy) is 1. The topological polar surface area (TPSA) is 49.7 Å². The molecule has 2 rings (SSSR count). The van der Waals surface area contributed by atoms with Gasteiger partial charge in [0, 0.05) is 0 Å². The van der Waals surface area contributed by atoms with Crippen LogP contribution in [0.1, 0.15) is 12.5 Å². The Balaban J connectivity index is 2.04. The van der Waals surface area contributed by atoms with Gasteiger partial charge in [-0.1, -0.05) is 24.3 Å². The largest absolute Gasteiger partial charge is 0.388 e. The molecule has 0 aromatic heterocycles. The lowest BCUT2D eigenvalue weighted by Crippen LogP contribution is -2.30. The number of rotatable bonds is 2. The molecule has 0 aliphatic carbocycles. The van der Waals surface area contributed by atoms with E-state index in [9.17, 15) is 14.6 Å². The molecule has 2 N–H and O–H groups in total. The summed E-state index contributed by atoms with van der Waals surface area (Å²) in [6.45, 7) is 1.71. The van der Waals surface area contributed by atoms with Gasteiger partial charge in [-0.25, -0.2) is 4.39 Å². The molecule has 1 saturated heterocycles. The lowest BCUT2D eigenvalue weighted by Gasteiger charge is -2.09. The Labute approximate surface area is 99.2 Å². The summed E-state index contributed by atoms with van der Waals surface area (Å²) in [7, 11) is 0. The van der Waals surface area contributed by atoms with Gasteiger partial charge in [0.1, 0.15) is 24.1 Å². The molecular formula is C13H15FO3. The molecule has 1 aromatic rings. The Kier molecular flexibility index (Phi) is 3.57. The van der Waals surface area contributed by atoms with Crippen LogP contribution in [-0.4, -0.2) is 34.6 Å². The van der Waals surface area contributed by atoms with Crippen molar-refractivity contribution in [3.05, 3.63) is 41.7 Å². The molecule has 0 spiro atoms. The molecule has 0 unspecified atom stereocenters. The number of halogens is 1. The molecule has 1 aliphatic rings. The highest BCUT2D eigenvalue weighted by Gasteiger charge is 2.38. The van der Waals surface area contributed by atoms with Crippen LogP contribution in [0.15, 0.2) is 30.3 Å². The van der Waals surface area contributed by atoms with Crippen molar-refractivity contribution in [2.45, 2.75) is 31.3 Å². The fraction of sp³-hybridized carbons (Fsp3) is 0.385. The molecule has 4 atom stereocenters. The van der Waals surface area contributed by atoms with Crippen molar-refractivity contribution in [1.82, 2.24) is 0 Å². The van der Waals surface area contributed by atoms with Gasteiger partial charge in [-0.3, -0.25) is 0 Å². The van der Waals surface area contributed by atoms with E-state index in [0.29, 0.717) is 0 Å². The van der Waals surface area contributed by atoms with E-state index >= 15 is 0 Å². The van der Waals surface area contributed by atoms with Crippen molar-refractivity contribution in [3.8, 4) is 0 Å². The van der Waals surface area contributed by atoms with Crippen molar-refractivity contribution in [2.75, 3.05) is 0 Å². The molecule has 1 aliphatic heterocycles. The summed E-state index contributed by atoms with van der Waals surface area (Å²) in [5, 5.41) is 19.2. The van der Waals surface area contributed by atoms with Gasteiger partial charge in [-0.15, -0.1) is 0 Å². The molecule has 0 saturated carbocycles. The van der Waals surface area contributed by atoms with Crippen molar-refractivity contribution in [3.63, 3.8) is 0 Å². The molecule has 1 fully saturated rings. The van der Waals surface area contributed by atoms with Crippen LogP contribution < -0.4 is 0 Å². The minimum Gasteiger partial charge on any atom is -0.388 e. The van der Waals surface area contributed by atoms with Crippen LogP contribution in [0, 0.1) is 5.82 Å². The number of hydrogen-bond acceptors (Lipinski definition) is 3. The first-order valence-electron chi connectivity index (χ1n) is 5.53. The predicted molar refractivity (Wildman–Crippen MR) is 61.8 cm³/mol. The van der Waals surface area contributed by atoms with Gasteiger partial charge in [0.05, 0.1) is 6.10 Å². The molecule has 3 nitrogen and oxygen atoms in total. The lowest BCUT2D eigenvalue weighted by atomic mass is 10.1. The van der Waals surface area contributed by atoms with E-state index in [0.717, 1.165) is 5.56 Å². The highest BCUT2D eigenvalue weighted by Crippen LogP contribution is 2.22. The van der Waals surface area contributed by atoms with Crippen LogP contribution in [0.25, 0.3) is 6.08 Å². The maximum absolute atomic E-state index is 12.7. The molecular weight excluding hydrogens is 223 g/mol. The van der Waals surface area contributed by atoms with Crippen molar-refractivity contribution >= 4 is 6.08 Å². The second-order valence-electron chi connectivity index (χ2n) is 4.20. The monoisotopic (exact) mass is 238 g/mol. The van der Waals surface area contributed by atoms with E-state index in [-0.39, 0.29) is 11.9 Å². The molecule has 0 amide bonds. The second-order valence-corrected chi connectivity index (χ2v) is 4.20. The van der Waals surface area contributed by atoms with Crippen LogP contribution in [0.4, 0.5) is 4.39 Å². The smallest absolute Gasteiger partial charge is 0.123 e. The summed E-state index contributed by atoms with van der Waals surface area (Å²) in [5.41, 5.74) is 0.816. The number of hydrogen-bond donors (Lipinski definition) is 2.